The van der Waals surface area contributed by atoms with Gasteiger partial charge in [0.25, 0.3) is 0 Å². The number of rotatable bonds is 4. The lowest BCUT2D eigenvalue weighted by Gasteiger charge is -2.14. The lowest BCUT2D eigenvalue weighted by molar-refractivity contribution is 0.722. The standard InChI is InChI=1S/C16H17Cl2N/c1-2-11-3-5-12(6-4-11)9-16(19)14-8-7-13(17)10-15(14)18/h3-8,10,16H,2,9,19H2,1H3. The van der Waals surface area contributed by atoms with E-state index in [4.69, 9.17) is 28.9 Å². The number of benzene rings is 2. The Kier molecular flexibility index (Phi) is 4.87. The molecule has 0 heterocycles. The van der Waals surface area contributed by atoms with E-state index in [-0.39, 0.29) is 6.04 Å². The van der Waals surface area contributed by atoms with Crippen LogP contribution in [0.5, 0.6) is 0 Å². The van der Waals surface area contributed by atoms with Crippen LogP contribution in [0.1, 0.15) is 29.7 Å². The van der Waals surface area contributed by atoms with E-state index >= 15 is 0 Å². The molecule has 1 unspecified atom stereocenters. The molecular formula is C16H17Cl2N. The summed E-state index contributed by atoms with van der Waals surface area (Å²) in [5.74, 6) is 0. The second-order valence-corrected chi connectivity index (χ2v) is 5.49. The zero-order valence-electron chi connectivity index (χ0n) is 10.9. The van der Waals surface area contributed by atoms with Crippen molar-refractivity contribution in [2.75, 3.05) is 0 Å². The van der Waals surface area contributed by atoms with Gasteiger partial charge in [0.15, 0.2) is 0 Å². The predicted molar refractivity (Wildman–Crippen MR) is 82.9 cm³/mol. The van der Waals surface area contributed by atoms with E-state index < -0.39 is 0 Å². The van der Waals surface area contributed by atoms with Crippen LogP contribution >= 0.6 is 23.2 Å². The van der Waals surface area contributed by atoms with Crippen LogP contribution in [0, 0.1) is 0 Å². The fraction of sp³-hybridized carbons (Fsp3) is 0.250. The summed E-state index contributed by atoms with van der Waals surface area (Å²) in [6, 6.07) is 13.9. The number of hydrogen-bond donors (Lipinski definition) is 1. The van der Waals surface area contributed by atoms with Crippen molar-refractivity contribution in [3.8, 4) is 0 Å². The molecule has 2 rings (SSSR count). The SMILES string of the molecule is CCc1ccc(CC(N)c2ccc(Cl)cc2Cl)cc1. The fourth-order valence-electron chi connectivity index (χ4n) is 2.08. The van der Waals surface area contributed by atoms with Gasteiger partial charge in [-0.05, 0) is 41.7 Å². The molecule has 1 nitrogen and oxygen atoms in total. The van der Waals surface area contributed by atoms with Crippen molar-refractivity contribution >= 4 is 23.2 Å². The molecule has 0 fully saturated rings. The maximum atomic E-state index is 6.22. The van der Waals surface area contributed by atoms with Crippen molar-refractivity contribution in [1.82, 2.24) is 0 Å². The van der Waals surface area contributed by atoms with Crippen LogP contribution < -0.4 is 5.73 Å². The molecule has 0 radical (unpaired) electrons. The van der Waals surface area contributed by atoms with Crippen LogP contribution in [0.4, 0.5) is 0 Å². The smallest absolute Gasteiger partial charge is 0.0468 e. The largest absolute Gasteiger partial charge is 0.324 e. The Hall–Kier alpha value is -1.02. The third-order valence-electron chi connectivity index (χ3n) is 3.25. The Bertz CT molecular complexity index is 549. The maximum Gasteiger partial charge on any atom is 0.0468 e. The van der Waals surface area contributed by atoms with Crippen molar-refractivity contribution in [2.45, 2.75) is 25.8 Å². The van der Waals surface area contributed by atoms with E-state index in [1.54, 1.807) is 6.07 Å². The van der Waals surface area contributed by atoms with Crippen LogP contribution in [0.3, 0.4) is 0 Å². The summed E-state index contributed by atoms with van der Waals surface area (Å²) in [6.07, 6.45) is 1.82. The average molecular weight is 294 g/mol. The zero-order chi connectivity index (χ0) is 13.8. The molecule has 3 heteroatoms. The molecule has 0 spiro atoms. The summed E-state index contributed by atoms with van der Waals surface area (Å²) in [5.41, 5.74) is 9.71. The highest BCUT2D eigenvalue weighted by Gasteiger charge is 2.11. The molecule has 2 aromatic rings. The van der Waals surface area contributed by atoms with Crippen LogP contribution in [0.2, 0.25) is 10.0 Å². The van der Waals surface area contributed by atoms with E-state index in [0.29, 0.717) is 10.0 Å². The van der Waals surface area contributed by atoms with Gasteiger partial charge in [0.05, 0.1) is 0 Å². The second kappa shape index (κ2) is 6.42. The first-order chi connectivity index (χ1) is 9.10. The number of nitrogens with two attached hydrogens (primary N) is 1. The topological polar surface area (TPSA) is 26.0 Å². The first kappa shape index (κ1) is 14.4. The molecule has 0 saturated carbocycles. The highest BCUT2D eigenvalue weighted by atomic mass is 35.5. The molecule has 2 N–H and O–H groups in total. The Morgan fingerprint density at radius 2 is 1.63 bits per heavy atom. The minimum Gasteiger partial charge on any atom is -0.324 e. The van der Waals surface area contributed by atoms with E-state index in [1.165, 1.54) is 11.1 Å². The third kappa shape index (κ3) is 3.73. The first-order valence-corrected chi connectivity index (χ1v) is 7.14. The lowest BCUT2D eigenvalue weighted by atomic mass is 9.98. The molecular weight excluding hydrogens is 277 g/mol. The van der Waals surface area contributed by atoms with E-state index in [9.17, 15) is 0 Å². The molecule has 100 valence electrons. The molecule has 0 aliphatic carbocycles. The molecule has 0 amide bonds. The summed E-state index contributed by atoms with van der Waals surface area (Å²) < 4.78 is 0. The van der Waals surface area contributed by atoms with Gasteiger partial charge in [-0.3, -0.25) is 0 Å². The van der Waals surface area contributed by atoms with Gasteiger partial charge >= 0.3 is 0 Å². The lowest BCUT2D eigenvalue weighted by Crippen LogP contribution is -2.13. The molecule has 2 aromatic carbocycles. The van der Waals surface area contributed by atoms with Gasteiger partial charge in [0, 0.05) is 16.1 Å². The first-order valence-electron chi connectivity index (χ1n) is 6.38. The summed E-state index contributed by atoms with van der Waals surface area (Å²) in [5, 5.41) is 1.26. The predicted octanol–water partition coefficient (Wildman–Crippen LogP) is 4.80. The van der Waals surface area contributed by atoms with Gasteiger partial charge in [0.2, 0.25) is 0 Å². The third-order valence-corrected chi connectivity index (χ3v) is 3.81. The number of halogens is 2. The van der Waals surface area contributed by atoms with Crippen LogP contribution in [0.25, 0.3) is 0 Å². The van der Waals surface area contributed by atoms with E-state index in [1.807, 2.05) is 12.1 Å². The molecule has 19 heavy (non-hydrogen) atoms. The van der Waals surface area contributed by atoms with Gasteiger partial charge < -0.3 is 5.73 Å². The van der Waals surface area contributed by atoms with Crippen molar-refractivity contribution in [3.05, 3.63) is 69.2 Å². The Morgan fingerprint density at radius 3 is 2.21 bits per heavy atom. The van der Waals surface area contributed by atoms with Crippen LogP contribution in [-0.4, -0.2) is 0 Å². The highest BCUT2D eigenvalue weighted by molar-refractivity contribution is 6.35. The number of aryl methyl sites for hydroxylation is 1. The maximum absolute atomic E-state index is 6.22. The summed E-state index contributed by atoms with van der Waals surface area (Å²) in [6.45, 7) is 2.15. The van der Waals surface area contributed by atoms with Crippen molar-refractivity contribution in [2.24, 2.45) is 5.73 Å². The molecule has 0 aliphatic heterocycles. The number of hydrogen-bond acceptors (Lipinski definition) is 1. The summed E-state index contributed by atoms with van der Waals surface area (Å²) in [7, 11) is 0. The Labute approximate surface area is 124 Å². The second-order valence-electron chi connectivity index (χ2n) is 4.65. The van der Waals surface area contributed by atoms with E-state index in [2.05, 4.69) is 31.2 Å². The van der Waals surface area contributed by atoms with Crippen molar-refractivity contribution in [1.29, 1.82) is 0 Å². The van der Waals surface area contributed by atoms with Crippen LogP contribution in [-0.2, 0) is 12.8 Å². The van der Waals surface area contributed by atoms with Gasteiger partial charge in [-0.25, -0.2) is 0 Å². The Morgan fingerprint density at radius 1 is 1.00 bits per heavy atom. The minimum absolute atomic E-state index is 0.114. The average Bonchev–Trinajstić information content (AvgIpc) is 2.39. The van der Waals surface area contributed by atoms with Gasteiger partial charge in [-0.1, -0.05) is 60.5 Å². The van der Waals surface area contributed by atoms with Gasteiger partial charge in [-0.2, -0.15) is 0 Å². The van der Waals surface area contributed by atoms with Crippen molar-refractivity contribution in [3.63, 3.8) is 0 Å². The summed E-state index contributed by atoms with van der Waals surface area (Å²) in [4.78, 5) is 0. The normalized spacial score (nSPS) is 12.4. The minimum atomic E-state index is -0.114. The quantitative estimate of drug-likeness (QED) is 0.861. The van der Waals surface area contributed by atoms with Crippen LogP contribution in [0.15, 0.2) is 42.5 Å². The molecule has 0 aromatic heterocycles. The highest BCUT2D eigenvalue weighted by Crippen LogP contribution is 2.27. The van der Waals surface area contributed by atoms with E-state index in [0.717, 1.165) is 18.4 Å². The van der Waals surface area contributed by atoms with Gasteiger partial charge in [-0.15, -0.1) is 0 Å². The molecule has 0 saturated heterocycles. The monoisotopic (exact) mass is 293 g/mol. The Balaban J connectivity index is 2.13. The van der Waals surface area contributed by atoms with Crippen molar-refractivity contribution < 1.29 is 0 Å². The molecule has 0 bridgehead atoms. The fourth-order valence-corrected chi connectivity index (χ4v) is 2.63. The summed E-state index contributed by atoms with van der Waals surface area (Å²) >= 11 is 12.1. The zero-order valence-corrected chi connectivity index (χ0v) is 12.4. The van der Waals surface area contributed by atoms with Gasteiger partial charge in [0.1, 0.15) is 0 Å². The molecule has 1 atom stereocenters. The molecule has 0 aliphatic rings.